The lowest BCUT2D eigenvalue weighted by molar-refractivity contribution is -0.112. The summed E-state index contributed by atoms with van der Waals surface area (Å²) in [5.41, 5.74) is -0.0625. The van der Waals surface area contributed by atoms with Gasteiger partial charge in [0.25, 0.3) is 5.91 Å². The Kier molecular flexibility index (Phi) is 4.88. The zero-order valence-corrected chi connectivity index (χ0v) is 13.8. The average molecular weight is 345 g/mol. The van der Waals surface area contributed by atoms with Gasteiger partial charge in [0.1, 0.15) is 23.2 Å². The summed E-state index contributed by atoms with van der Waals surface area (Å²) < 4.78 is 10.6. The van der Waals surface area contributed by atoms with Crippen molar-refractivity contribution >= 4 is 33.6 Å². The minimum atomic E-state index is -0.545. The van der Waals surface area contributed by atoms with E-state index in [0.717, 1.165) is 18.2 Å². The second kappa shape index (κ2) is 7.25. The van der Waals surface area contributed by atoms with E-state index in [1.807, 2.05) is 11.0 Å². The largest absolute Gasteiger partial charge is 0.462 e. The third-order valence-electron chi connectivity index (χ3n) is 3.33. The molecule has 0 spiro atoms. The Morgan fingerprint density at radius 3 is 2.88 bits per heavy atom. The number of nitriles is 1. The molecule has 9 heteroatoms. The molecular formula is C15H15N5O3S. The fourth-order valence-corrected chi connectivity index (χ4v) is 2.93. The topological polar surface area (TPSA) is 104 Å². The van der Waals surface area contributed by atoms with E-state index in [1.54, 1.807) is 19.1 Å². The quantitative estimate of drug-likeness (QED) is 0.665. The van der Waals surface area contributed by atoms with E-state index in [1.165, 1.54) is 17.4 Å². The molecule has 24 heavy (non-hydrogen) atoms. The van der Waals surface area contributed by atoms with Crippen molar-refractivity contribution in [3.63, 3.8) is 0 Å². The second-order valence-corrected chi connectivity index (χ2v) is 6.02. The number of hydrogen-bond acceptors (Lipinski definition) is 8. The van der Waals surface area contributed by atoms with E-state index < -0.39 is 5.91 Å². The Labute approximate surface area is 142 Å². The van der Waals surface area contributed by atoms with Crippen LogP contribution in [-0.2, 0) is 9.53 Å². The first-order valence-corrected chi connectivity index (χ1v) is 8.13. The molecule has 2 aromatic rings. The summed E-state index contributed by atoms with van der Waals surface area (Å²) in [5, 5.41) is 20.9. The van der Waals surface area contributed by atoms with Crippen molar-refractivity contribution < 1.29 is 13.9 Å². The van der Waals surface area contributed by atoms with Gasteiger partial charge in [-0.1, -0.05) is 11.3 Å². The van der Waals surface area contributed by atoms with Crippen molar-refractivity contribution in [2.75, 3.05) is 36.5 Å². The SMILES string of the molecule is Cc1ccc(/C=C(/C#N)C(=O)Nc2nnc(N3CCOCC3)s2)o1. The van der Waals surface area contributed by atoms with E-state index >= 15 is 0 Å². The summed E-state index contributed by atoms with van der Waals surface area (Å²) in [6, 6.07) is 5.33. The Hall–Kier alpha value is -2.70. The molecule has 0 aliphatic carbocycles. The molecule has 1 amide bonds. The zero-order chi connectivity index (χ0) is 16.9. The summed E-state index contributed by atoms with van der Waals surface area (Å²) in [4.78, 5) is 14.2. The summed E-state index contributed by atoms with van der Waals surface area (Å²) in [5.74, 6) is 0.611. The van der Waals surface area contributed by atoms with Crippen LogP contribution >= 0.6 is 11.3 Å². The van der Waals surface area contributed by atoms with Crippen LogP contribution in [0.5, 0.6) is 0 Å². The highest BCUT2D eigenvalue weighted by molar-refractivity contribution is 7.19. The normalized spacial score (nSPS) is 15.2. The fourth-order valence-electron chi connectivity index (χ4n) is 2.13. The molecule has 0 bridgehead atoms. The summed E-state index contributed by atoms with van der Waals surface area (Å²) in [6.45, 7) is 4.56. The molecule has 8 nitrogen and oxygen atoms in total. The number of anilines is 2. The van der Waals surface area contributed by atoms with Crippen molar-refractivity contribution in [2.45, 2.75) is 6.92 Å². The van der Waals surface area contributed by atoms with Gasteiger partial charge >= 0.3 is 0 Å². The van der Waals surface area contributed by atoms with Crippen LogP contribution in [0.4, 0.5) is 10.3 Å². The number of nitrogens with one attached hydrogen (secondary N) is 1. The standard InChI is InChI=1S/C15H15N5O3S/c1-10-2-3-12(23-10)8-11(9-16)13(21)17-14-18-19-15(24-14)20-4-6-22-7-5-20/h2-3,8H,4-7H2,1H3,(H,17,18,21)/b11-8-. The first-order valence-electron chi connectivity index (χ1n) is 7.31. The smallest absolute Gasteiger partial charge is 0.268 e. The first-order chi connectivity index (χ1) is 11.7. The van der Waals surface area contributed by atoms with Gasteiger partial charge < -0.3 is 14.1 Å². The van der Waals surface area contributed by atoms with Crippen molar-refractivity contribution in [3.05, 3.63) is 29.2 Å². The number of aromatic nitrogens is 2. The molecule has 1 aliphatic heterocycles. The van der Waals surface area contributed by atoms with Crippen molar-refractivity contribution in [2.24, 2.45) is 0 Å². The number of rotatable bonds is 4. The van der Waals surface area contributed by atoms with E-state index in [4.69, 9.17) is 9.15 Å². The molecule has 1 saturated heterocycles. The van der Waals surface area contributed by atoms with Gasteiger partial charge in [-0.3, -0.25) is 10.1 Å². The molecule has 3 heterocycles. The predicted molar refractivity (Wildman–Crippen MR) is 88.6 cm³/mol. The number of morpholine rings is 1. The van der Waals surface area contributed by atoms with Crippen molar-refractivity contribution in [3.8, 4) is 6.07 Å². The molecule has 1 aliphatic rings. The lowest BCUT2D eigenvalue weighted by Gasteiger charge is -2.25. The lowest BCUT2D eigenvalue weighted by atomic mass is 10.2. The molecule has 0 aromatic carbocycles. The van der Waals surface area contributed by atoms with Gasteiger partial charge in [-0.05, 0) is 19.1 Å². The van der Waals surface area contributed by atoms with Gasteiger partial charge in [-0.15, -0.1) is 10.2 Å². The van der Waals surface area contributed by atoms with Crippen LogP contribution in [0.1, 0.15) is 11.5 Å². The van der Waals surface area contributed by atoms with Crippen molar-refractivity contribution in [1.82, 2.24) is 10.2 Å². The maximum absolute atomic E-state index is 12.2. The molecule has 3 rings (SSSR count). The highest BCUT2D eigenvalue weighted by Crippen LogP contribution is 2.25. The number of aryl methyl sites for hydroxylation is 1. The Morgan fingerprint density at radius 1 is 1.42 bits per heavy atom. The van der Waals surface area contributed by atoms with Crippen LogP contribution in [0, 0.1) is 18.3 Å². The number of amides is 1. The highest BCUT2D eigenvalue weighted by atomic mass is 32.1. The second-order valence-electron chi connectivity index (χ2n) is 5.06. The molecule has 0 radical (unpaired) electrons. The fraction of sp³-hybridized carbons (Fsp3) is 0.333. The van der Waals surface area contributed by atoms with Crippen LogP contribution in [0.15, 0.2) is 22.1 Å². The maximum Gasteiger partial charge on any atom is 0.268 e. The van der Waals surface area contributed by atoms with E-state index in [-0.39, 0.29) is 5.57 Å². The zero-order valence-electron chi connectivity index (χ0n) is 13.0. The summed E-state index contributed by atoms with van der Waals surface area (Å²) >= 11 is 1.26. The van der Waals surface area contributed by atoms with Gasteiger partial charge in [0.2, 0.25) is 10.3 Å². The molecule has 0 atom stereocenters. The van der Waals surface area contributed by atoms with E-state index in [9.17, 15) is 10.1 Å². The van der Waals surface area contributed by atoms with Crippen LogP contribution < -0.4 is 10.2 Å². The average Bonchev–Trinajstić information content (AvgIpc) is 3.22. The van der Waals surface area contributed by atoms with Gasteiger partial charge in [-0.25, -0.2) is 0 Å². The Morgan fingerprint density at radius 2 is 2.21 bits per heavy atom. The van der Waals surface area contributed by atoms with Crippen LogP contribution in [-0.4, -0.2) is 42.4 Å². The Bertz CT molecular complexity index is 798. The third-order valence-corrected chi connectivity index (χ3v) is 4.23. The number of carbonyl (C=O) groups is 1. The molecular weight excluding hydrogens is 330 g/mol. The van der Waals surface area contributed by atoms with Gasteiger partial charge in [0.15, 0.2) is 0 Å². The van der Waals surface area contributed by atoms with E-state index in [2.05, 4.69) is 15.5 Å². The van der Waals surface area contributed by atoms with Crippen LogP contribution in [0.2, 0.25) is 0 Å². The van der Waals surface area contributed by atoms with Crippen LogP contribution in [0.25, 0.3) is 6.08 Å². The maximum atomic E-state index is 12.2. The Balaban J connectivity index is 1.68. The van der Waals surface area contributed by atoms with E-state index in [0.29, 0.717) is 29.9 Å². The minimum Gasteiger partial charge on any atom is -0.462 e. The number of hydrogen-bond donors (Lipinski definition) is 1. The van der Waals surface area contributed by atoms with Gasteiger partial charge in [0.05, 0.1) is 13.2 Å². The minimum absolute atomic E-state index is 0.0625. The summed E-state index contributed by atoms with van der Waals surface area (Å²) in [7, 11) is 0. The molecule has 124 valence electrons. The molecule has 1 fully saturated rings. The lowest BCUT2D eigenvalue weighted by Crippen LogP contribution is -2.36. The van der Waals surface area contributed by atoms with Gasteiger partial charge in [0, 0.05) is 19.2 Å². The number of carbonyl (C=O) groups excluding carboxylic acids is 1. The third kappa shape index (κ3) is 3.79. The molecule has 1 N–H and O–H groups in total. The van der Waals surface area contributed by atoms with Crippen LogP contribution in [0.3, 0.4) is 0 Å². The number of furan rings is 1. The van der Waals surface area contributed by atoms with Crippen molar-refractivity contribution in [1.29, 1.82) is 5.26 Å². The number of nitrogens with zero attached hydrogens (tertiary/aromatic N) is 4. The monoisotopic (exact) mass is 345 g/mol. The molecule has 0 unspecified atom stereocenters. The first kappa shape index (κ1) is 16.2. The number of ether oxygens (including phenoxy) is 1. The van der Waals surface area contributed by atoms with Gasteiger partial charge in [-0.2, -0.15) is 5.26 Å². The molecule has 2 aromatic heterocycles. The summed E-state index contributed by atoms with van der Waals surface area (Å²) in [6.07, 6.45) is 1.40. The molecule has 0 saturated carbocycles. The predicted octanol–water partition coefficient (Wildman–Crippen LogP) is 1.82. The highest BCUT2D eigenvalue weighted by Gasteiger charge is 2.18.